The summed E-state index contributed by atoms with van der Waals surface area (Å²) in [4.78, 5) is 11.8. The first kappa shape index (κ1) is 19.4. The summed E-state index contributed by atoms with van der Waals surface area (Å²) in [7, 11) is 0. The molecule has 4 rings (SSSR count). The fraction of sp³-hybridized carbons (Fsp3) is 0.545. The van der Waals surface area contributed by atoms with E-state index < -0.39 is 0 Å². The molecule has 0 unspecified atom stereocenters. The number of likely N-dealkylation sites (tertiary alicyclic amines) is 1. The van der Waals surface area contributed by atoms with Crippen molar-refractivity contribution in [3.8, 4) is 0 Å². The van der Waals surface area contributed by atoms with Gasteiger partial charge in [-0.15, -0.1) is 11.3 Å². The molecule has 6 heteroatoms. The number of piperidine rings is 1. The Kier molecular flexibility index (Phi) is 6.27. The molecule has 0 spiro atoms. The van der Waals surface area contributed by atoms with E-state index in [1.54, 1.807) is 11.3 Å². The van der Waals surface area contributed by atoms with E-state index >= 15 is 0 Å². The van der Waals surface area contributed by atoms with Crippen molar-refractivity contribution in [2.45, 2.75) is 52.0 Å². The van der Waals surface area contributed by atoms with Crippen LogP contribution >= 0.6 is 11.3 Å². The summed E-state index contributed by atoms with van der Waals surface area (Å²) in [6.45, 7) is 6.21. The summed E-state index contributed by atoms with van der Waals surface area (Å²) in [5.74, 6) is 1.16. The van der Waals surface area contributed by atoms with E-state index in [0.29, 0.717) is 11.9 Å². The van der Waals surface area contributed by atoms with Gasteiger partial charge in [0.15, 0.2) is 5.96 Å². The van der Waals surface area contributed by atoms with Crippen LogP contribution < -0.4 is 11.1 Å². The number of benzene rings is 1. The predicted octanol–water partition coefficient (Wildman–Crippen LogP) is 3.83. The van der Waals surface area contributed by atoms with Crippen molar-refractivity contribution in [2.75, 3.05) is 25.0 Å². The number of nitrogens with zero attached hydrogens (tertiary/aromatic N) is 3. The van der Waals surface area contributed by atoms with E-state index in [2.05, 4.69) is 45.7 Å². The fourth-order valence-electron chi connectivity index (χ4n) is 4.20. The average Bonchev–Trinajstić information content (AvgIpc) is 3.36. The Morgan fingerprint density at radius 2 is 2.11 bits per heavy atom. The quantitative estimate of drug-likeness (QED) is 0.574. The van der Waals surface area contributed by atoms with E-state index in [1.807, 2.05) is 0 Å². The van der Waals surface area contributed by atoms with Gasteiger partial charge in [0.2, 0.25) is 0 Å². The van der Waals surface area contributed by atoms with Crippen LogP contribution in [0.2, 0.25) is 0 Å². The lowest BCUT2D eigenvalue weighted by Crippen LogP contribution is -2.34. The van der Waals surface area contributed by atoms with Gasteiger partial charge in [0.25, 0.3) is 0 Å². The molecule has 0 saturated carbocycles. The number of fused-ring (bicyclic) bond motifs is 1. The van der Waals surface area contributed by atoms with Crippen molar-refractivity contribution in [2.24, 2.45) is 16.6 Å². The minimum absolute atomic E-state index is 0.537. The number of aryl methyl sites for hydroxylation is 3. The molecule has 0 atom stereocenters. The second kappa shape index (κ2) is 9.05. The fourth-order valence-corrected chi connectivity index (χ4v) is 4.94. The van der Waals surface area contributed by atoms with Crippen LogP contribution in [0.1, 0.15) is 48.0 Å². The Hall–Kier alpha value is -1.92. The van der Waals surface area contributed by atoms with Crippen LogP contribution in [0.3, 0.4) is 0 Å². The number of aliphatic imine (C=N–C) groups is 1. The molecule has 2 aliphatic rings. The van der Waals surface area contributed by atoms with Crippen molar-refractivity contribution in [3.05, 3.63) is 45.4 Å². The third-order valence-electron chi connectivity index (χ3n) is 5.89. The van der Waals surface area contributed by atoms with Crippen molar-refractivity contribution in [3.63, 3.8) is 0 Å². The Morgan fingerprint density at radius 3 is 2.89 bits per heavy atom. The third-order valence-corrected chi connectivity index (χ3v) is 6.93. The highest BCUT2D eigenvalue weighted by molar-refractivity contribution is 7.09. The second-order valence-corrected chi connectivity index (χ2v) is 8.94. The largest absolute Gasteiger partial charge is 0.370 e. The third kappa shape index (κ3) is 4.92. The number of thiazole rings is 1. The Bertz CT molecular complexity index is 820. The number of rotatable bonds is 6. The summed E-state index contributed by atoms with van der Waals surface area (Å²) in [6.07, 6.45) is 7.05. The monoisotopic (exact) mass is 397 g/mol. The molecular formula is C22H31N5S. The maximum absolute atomic E-state index is 6.13. The van der Waals surface area contributed by atoms with Gasteiger partial charge in [-0.1, -0.05) is 13.0 Å². The molecule has 2 heterocycles. The molecule has 1 saturated heterocycles. The van der Waals surface area contributed by atoms with E-state index in [0.717, 1.165) is 38.3 Å². The molecule has 5 nitrogen and oxygen atoms in total. The number of guanidine groups is 1. The second-order valence-electron chi connectivity index (χ2n) is 7.99. The van der Waals surface area contributed by atoms with Gasteiger partial charge in [0.05, 0.1) is 10.7 Å². The van der Waals surface area contributed by atoms with Gasteiger partial charge < -0.3 is 11.1 Å². The van der Waals surface area contributed by atoms with Crippen LogP contribution in [-0.4, -0.2) is 35.5 Å². The molecule has 1 aromatic heterocycles. The summed E-state index contributed by atoms with van der Waals surface area (Å²) in [5.41, 5.74) is 11.4. The van der Waals surface area contributed by atoms with Gasteiger partial charge in [0, 0.05) is 24.2 Å². The average molecular weight is 398 g/mol. The Balaban J connectivity index is 1.22. The van der Waals surface area contributed by atoms with E-state index in [1.165, 1.54) is 53.9 Å². The molecule has 2 aromatic rings. The number of anilines is 1. The number of hydrogen-bond acceptors (Lipinski definition) is 4. The van der Waals surface area contributed by atoms with Crippen molar-refractivity contribution < 1.29 is 0 Å². The van der Waals surface area contributed by atoms with Gasteiger partial charge >= 0.3 is 0 Å². The van der Waals surface area contributed by atoms with Gasteiger partial charge in [0.1, 0.15) is 0 Å². The first-order chi connectivity index (χ1) is 13.7. The summed E-state index contributed by atoms with van der Waals surface area (Å²) in [5, 5.41) is 6.72. The molecular weight excluding hydrogens is 366 g/mol. The van der Waals surface area contributed by atoms with Crippen LogP contribution in [0.15, 0.2) is 28.6 Å². The van der Waals surface area contributed by atoms with Gasteiger partial charge in [-0.25, -0.2) is 4.98 Å². The zero-order chi connectivity index (χ0) is 19.3. The van der Waals surface area contributed by atoms with Crippen LogP contribution in [0, 0.1) is 5.92 Å². The Morgan fingerprint density at radius 1 is 1.29 bits per heavy atom. The van der Waals surface area contributed by atoms with Crippen molar-refractivity contribution >= 4 is 23.0 Å². The summed E-state index contributed by atoms with van der Waals surface area (Å²) >= 11 is 1.78. The topological polar surface area (TPSA) is 66.5 Å². The standard InChI is InChI=1S/C22H31N5S/c1-2-21-25-20(15-28-21)14-27-10-8-16(9-11-27)13-24-22(23)26-19-7-6-17-4-3-5-18(17)12-19/h6-7,12,15-16H,2-5,8-11,13-14H2,1H3,(H3,23,24,26). The zero-order valence-corrected chi connectivity index (χ0v) is 17.6. The van der Waals surface area contributed by atoms with E-state index in [4.69, 9.17) is 10.7 Å². The van der Waals surface area contributed by atoms with Crippen LogP contribution in [0.4, 0.5) is 5.69 Å². The lowest BCUT2D eigenvalue weighted by atomic mass is 9.97. The number of hydrogen-bond donors (Lipinski definition) is 2. The minimum Gasteiger partial charge on any atom is -0.370 e. The van der Waals surface area contributed by atoms with Crippen LogP contribution in [-0.2, 0) is 25.8 Å². The molecule has 0 radical (unpaired) electrons. The van der Waals surface area contributed by atoms with Crippen molar-refractivity contribution in [1.29, 1.82) is 0 Å². The molecule has 1 aliphatic heterocycles. The van der Waals surface area contributed by atoms with Gasteiger partial charge in [-0.05, 0) is 80.8 Å². The predicted molar refractivity (Wildman–Crippen MR) is 118 cm³/mol. The molecule has 0 bridgehead atoms. The molecule has 1 aliphatic carbocycles. The zero-order valence-electron chi connectivity index (χ0n) is 16.8. The summed E-state index contributed by atoms with van der Waals surface area (Å²) in [6, 6.07) is 6.57. The molecule has 1 aromatic carbocycles. The molecule has 3 N–H and O–H groups in total. The maximum atomic E-state index is 6.13. The smallest absolute Gasteiger partial charge is 0.193 e. The molecule has 28 heavy (non-hydrogen) atoms. The van der Waals surface area contributed by atoms with Gasteiger partial charge in [-0.3, -0.25) is 9.89 Å². The van der Waals surface area contributed by atoms with Gasteiger partial charge in [-0.2, -0.15) is 0 Å². The highest BCUT2D eigenvalue weighted by Gasteiger charge is 2.20. The minimum atomic E-state index is 0.537. The SMILES string of the molecule is CCc1nc(CN2CCC(CN=C(N)Nc3ccc4c(c3)CCC4)CC2)cs1. The van der Waals surface area contributed by atoms with E-state index in [9.17, 15) is 0 Å². The number of nitrogens with two attached hydrogens (primary N) is 1. The van der Waals surface area contributed by atoms with Crippen molar-refractivity contribution in [1.82, 2.24) is 9.88 Å². The maximum Gasteiger partial charge on any atom is 0.193 e. The van der Waals surface area contributed by atoms with Crippen LogP contribution in [0.25, 0.3) is 0 Å². The number of aromatic nitrogens is 1. The molecule has 0 amide bonds. The highest BCUT2D eigenvalue weighted by atomic mass is 32.1. The van der Waals surface area contributed by atoms with Crippen LogP contribution in [0.5, 0.6) is 0 Å². The molecule has 150 valence electrons. The summed E-state index contributed by atoms with van der Waals surface area (Å²) < 4.78 is 0. The molecule has 1 fully saturated rings. The lowest BCUT2D eigenvalue weighted by Gasteiger charge is -2.30. The lowest BCUT2D eigenvalue weighted by molar-refractivity contribution is 0.179. The first-order valence-corrected chi connectivity index (χ1v) is 11.4. The Labute approximate surface area is 172 Å². The highest BCUT2D eigenvalue weighted by Crippen LogP contribution is 2.25. The normalized spacial score (nSPS) is 18.4. The first-order valence-electron chi connectivity index (χ1n) is 10.5. The van der Waals surface area contributed by atoms with E-state index in [-0.39, 0.29) is 0 Å². The number of nitrogens with one attached hydrogen (secondary N) is 1.